The van der Waals surface area contributed by atoms with Crippen molar-refractivity contribution in [1.82, 2.24) is 10.2 Å². The third-order valence-corrected chi connectivity index (χ3v) is 3.67. The zero-order valence-corrected chi connectivity index (χ0v) is 13.9. The Morgan fingerprint density at radius 1 is 1.19 bits per heavy atom. The van der Waals surface area contributed by atoms with Gasteiger partial charge in [0.25, 0.3) is 0 Å². The summed E-state index contributed by atoms with van der Waals surface area (Å²) < 4.78 is 5.70. The molecular formula is C16H23N3OS. The van der Waals surface area contributed by atoms with Gasteiger partial charge >= 0.3 is 0 Å². The second-order valence-corrected chi connectivity index (χ2v) is 6.83. The quantitative estimate of drug-likeness (QED) is 0.835. The molecule has 0 bridgehead atoms. The van der Waals surface area contributed by atoms with Crippen LogP contribution in [0.2, 0.25) is 0 Å². The number of rotatable bonds is 7. The lowest BCUT2D eigenvalue weighted by atomic mass is 10.1. The normalized spacial score (nSPS) is 11.1. The largest absolute Gasteiger partial charge is 0.491 e. The molecule has 0 aliphatic carbocycles. The monoisotopic (exact) mass is 305 g/mol. The number of anilines is 1. The highest BCUT2D eigenvalue weighted by molar-refractivity contribution is 7.15. The Hall–Kier alpha value is -1.62. The molecule has 1 heterocycles. The highest BCUT2D eigenvalue weighted by atomic mass is 32.1. The minimum Gasteiger partial charge on any atom is -0.491 e. The van der Waals surface area contributed by atoms with E-state index >= 15 is 0 Å². The van der Waals surface area contributed by atoms with E-state index in [4.69, 9.17) is 4.74 Å². The van der Waals surface area contributed by atoms with Crippen molar-refractivity contribution in [2.24, 2.45) is 5.92 Å². The van der Waals surface area contributed by atoms with E-state index in [0.717, 1.165) is 28.9 Å². The van der Waals surface area contributed by atoms with Crippen molar-refractivity contribution in [3.05, 3.63) is 34.8 Å². The van der Waals surface area contributed by atoms with Crippen molar-refractivity contribution in [3.8, 4) is 5.75 Å². The van der Waals surface area contributed by atoms with Gasteiger partial charge in [-0.15, -0.1) is 10.2 Å². The maximum absolute atomic E-state index is 5.70. The fraction of sp³-hybridized carbons (Fsp3) is 0.500. The molecule has 21 heavy (non-hydrogen) atoms. The van der Waals surface area contributed by atoms with Crippen molar-refractivity contribution in [2.75, 3.05) is 5.32 Å². The highest BCUT2D eigenvalue weighted by Gasteiger charge is 2.06. The molecule has 0 saturated carbocycles. The van der Waals surface area contributed by atoms with Crippen molar-refractivity contribution < 1.29 is 4.74 Å². The van der Waals surface area contributed by atoms with Gasteiger partial charge in [0.1, 0.15) is 10.8 Å². The summed E-state index contributed by atoms with van der Waals surface area (Å²) in [6.45, 7) is 9.17. The first-order valence-electron chi connectivity index (χ1n) is 7.34. The van der Waals surface area contributed by atoms with Gasteiger partial charge in [0.05, 0.1) is 6.10 Å². The van der Waals surface area contributed by atoms with Gasteiger partial charge < -0.3 is 10.1 Å². The smallest absolute Gasteiger partial charge is 0.205 e. The van der Waals surface area contributed by atoms with Gasteiger partial charge in [-0.2, -0.15) is 0 Å². The van der Waals surface area contributed by atoms with Crippen LogP contribution in [0.25, 0.3) is 0 Å². The van der Waals surface area contributed by atoms with E-state index in [-0.39, 0.29) is 6.10 Å². The molecule has 114 valence electrons. The molecule has 1 aromatic heterocycles. The SMILES string of the molecule is CC(C)Cc1nnc(NCc2cccc(OC(C)C)c2)s1. The van der Waals surface area contributed by atoms with E-state index in [0.29, 0.717) is 5.92 Å². The first-order chi connectivity index (χ1) is 10.0. The maximum Gasteiger partial charge on any atom is 0.205 e. The second kappa shape index (κ2) is 7.41. The van der Waals surface area contributed by atoms with Gasteiger partial charge in [0.2, 0.25) is 5.13 Å². The molecule has 0 atom stereocenters. The fourth-order valence-corrected chi connectivity index (χ4v) is 2.88. The zero-order chi connectivity index (χ0) is 15.2. The van der Waals surface area contributed by atoms with Crippen molar-refractivity contribution in [3.63, 3.8) is 0 Å². The summed E-state index contributed by atoms with van der Waals surface area (Å²) in [6, 6.07) is 8.13. The molecule has 4 nitrogen and oxygen atoms in total. The molecule has 1 aromatic carbocycles. The number of nitrogens with one attached hydrogen (secondary N) is 1. The lowest BCUT2D eigenvalue weighted by Gasteiger charge is -2.11. The molecule has 0 aliphatic heterocycles. The Morgan fingerprint density at radius 2 is 2.00 bits per heavy atom. The van der Waals surface area contributed by atoms with E-state index < -0.39 is 0 Å². The van der Waals surface area contributed by atoms with Crippen LogP contribution < -0.4 is 10.1 Å². The third kappa shape index (κ3) is 5.34. The Kier molecular flexibility index (Phi) is 5.56. The molecule has 2 rings (SSSR count). The van der Waals surface area contributed by atoms with Gasteiger partial charge in [0, 0.05) is 13.0 Å². The van der Waals surface area contributed by atoms with E-state index in [9.17, 15) is 0 Å². The minimum atomic E-state index is 0.190. The van der Waals surface area contributed by atoms with Gasteiger partial charge in [-0.25, -0.2) is 0 Å². The molecule has 0 unspecified atom stereocenters. The molecular weight excluding hydrogens is 282 g/mol. The topological polar surface area (TPSA) is 47.0 Å². The summed E-state index contributed by atoms with van der Waals surface area (Å²) in [5, 5.41) is 13.7. The molecule has 0 fully saturated rings. The Bertz CT molecular complexity index is 566. The highest BCUT2D eigenvalue weighted by Crippen LogP contribution is 2.20. The summed E-state index contributed by atoms with van der Waals surface area (Å²) in [6.07, 6.45) is 1.17. The van der Waals surface area contributed by atoms with Crippen LogP contribution in [0.5, 0.6) is 5.75 Å². The summed E-state index contributed by atoms with van der Waals surface area (Å²) >= 11 is 1.63. The number of aromatic nitrogens is 2. The van der Waals surface area contributed by atoms with E-state index in [2.05, 4.69) is 41.5 Å². The summed E-state index contributed by atoms with van der Waals surface area (Å²) in [7, 11) is 0. The number of hydrogen-bond donors (Lipinski definition) is 1. The van der Waals surface area contributed by atoms with Crippen LogP contribution in [-0.2, 0) is 13.0 Å². The number of nitrogens with zero attached hydrogens (tertiary/aromatic N) is 2. The first kappa shape index (κ1) is 15.8. The van der Waals surface area contributed by atoms with Crippen LogP contribution in [0.1, 0.15) is 38.3 Å². The van der Waals surface area contributed by atoms with E-state index in [1.807, 2.05) is 26.0 Å². The number of hydrogen-bond acceptors (Lipinski definition) is 5. The maximum atomic E-state index is 5.70. The van der Waals surface area contributed by atoms with E-state index in [1.165, 1.54) is 5.56 Å². The molecule has 1 N–H and O–H groups in total. The molecule has 0 saturated heterocycles. The lowest BCUT2D eigenvalue weighted by molar-refractivity contribution is 0.242. The lowest BCUT2D eigenvalue weighted by Crippen LogP contribution is -2.06. The van der Waals surface area contributed by atoms with Crippen LogP contribution in [0.4, 0.5) is 5.13 Å². The Labute approximate surface area is 130 Å². The van der Waals surface area contributed by atoms with Crippen molar-refractivity contribution in [1.29, 1.82) is 0 Å². The molecule has 0 spiro atoms. The third-order valence-electron chi connectivity index (χ3n) is 2.76. The summed E-state index contributed by atoms with van der Waals surface area (Å²) in [5.41, 5.74) is 1.17. The minimum absolute atomic E-state index is 0.190. The average molecular weight is 305 g/mol. The number of benzene rings is 1. The van der Waals surface area contributed by atoms with E-state index in [1.54, 1.807) is 11.3 Å². The standard InChI is InChI=1S/C16H23N3OS/c1-11(2)8-15-18-19-16(21-15)17-10-13-6-5-7-14(9-13)20-12(3)4/h5-7,9,11-12H,8,10H2,1-4H3,(H,17,19). The second-order valence-electron chi connectivity index (χ2n) is 5.77. The first-order valence-corrected chi connectivity index (χ1v) is 8.16. The Balaban J connectivity index is 1.92. The van der Waals surface area contributed by atoms with Gasteiger partial charge in [0.15, 0.2) is 0 Å². The average Bonchev–Trinajstić information content (AvgIpc) is 2.83. The predicted molar refractivity (Wildman–Crippen MR) is 88.0 cm³/mol. The molecule has 0 amide bonds. The summed E-state index contributed by atoms with van der Waals surface area (Å²) in [5.74, 6) is 1.51. The number of ether oxygens (including phenoxy) is 1. The Morgan fingerprint density at radius 3 is 2.71 bits per heavy atom. The molecule has 2 aromatic rings. The molecule has 0 aliphatic rings. The summed E-state index contributed by atoms with van der Waals surface area (Å²) in [4.78, 5) is 0. The van der Waals surface area contributed by atoms with Crippen LogP contribution in [0, 0.1) is 5.92 Å². The zero-order valence-electron chi connectivity index (χ0n) is 13.1. The van der Waals surface area contributed by atoms with Crippen LogP contribution in [0.15, 0.2) is 24.3 Å². The molecule has 5 heteroatoms. The van der Waals surface area contributed by atoms with Crippen LogP contribution in [-0.4, -0.2) is 16.3 Å². The van der Waals surface area contributed by atoms with Gasteiger partial charge in [-0.1, -0.05) is 37.3 Å². The van der Waals surface area contributed by atoms with Crippen molar-refractivity contribution in [2.45, 2.75) is 46.8 Å². The van der Waals surface area contributed by atoms with Crippen molar-refractivity contribution >= 4 is 16.5 Å². The fourth-order valence-electron chi connectivity index (χ4n) is 1.94. The van der Waals surface area contributed by atoms with Gasteiger partial charge in [-0.3, -0.25) is 0 Å². The predicted octanol–water partition coefficient (Wildman–Crippen LogP) is 4.14. The van der Waals surface area contributed by atoms with Gasteiger partial charge in [-0.05, 0) is 37.5 Å². The molecule has 0 radical (unpaired) electrons. The van der Waals surface area contributed by atoms with Crippen LogP contribution >= 0.6 is 11.3 Å². The van der Waals surface area contributed by atoms with Crippen LogP contribution in [0.3, 0.4) is 0 Å².